The number of hydrazine groups is 1. The minimum atomic E-state index is -0.0595. The van der Waals surface area contributed by atoms with Gasteiger partial charge in [0.2, 0.25) is 5.91 Å². The molecule has 2 aromatic carbocycles. The lowest BCUT2D eigenvalue weighted by Gasteiger charge is -2.36. The second-order valence-corrected chi connectivity index (χ2v) is 8.76. The van der Waals surface area contributed by atoms with E-state index in [0.717, 1.165) is 62.0 Å². The molecule has 0 aromatic heterocycles. The molecular weight excluding hydrogens is 473 g/mol. The molecule has 0 saturated heterocycles. The van der Waals surface area contributed by atoms with Crippen LogP contribution in [0.2, 0.25) is 0 Å². The molecule has 6 nitrogen and oxygen atoms in total. The second-order valence-electron chi connectivity index (χ2n) is 8.76. The summed E-state index contributed by atoms with van der Waals surface area (Å²) in [6, 6.07) is 11.9. The largest absolute Gasteiger partial charge is 0.504 e. The van der Waals surface area contributed by atoms with E-state index in [1.54, 1.807) is 6.07 Å². The summed E-state index contributed by atoms with van der Waals surface area (Å²) in [7, 11) is 0. The van der Waals surface area contributed by atoms with Crippen molar-refractivity contribution in [2.45, 2.75) is 71.3 Å². The van der Waals surface area contributed by atoms with Crippen molar-refractivity contribution in [1.82, 2.24) is 10.4 Å². The molecule has 1 unspecified atom stereocenters. The lowest BCUT2D eigenvalue weighted by atomic mass is 9.87. The van der Waals surface area contributed by atoms with Crippen molar-refractivity contribution in [3.63, 3.8) is 0 Å². The number of unbranched alkanes of at least 4 members (excludes halogenated alkanes) is 3. The van der Waals surface area contributed by atoms with Gasteiger partial charge in [-0.25, -0.2) is 5.01 Å². The summed E-state index contributed by atoms with van der Waals surface area (Å²) in [6.07, 6.45) is 8.39. The molecule has 0 fully saturated rings. The zero-order chi connectivity index (χ0) is 22.9. The number of benzene rings is 2. The van der Waals surface area contributed by atoms with Crippen molar-refractivity contribution in [3.05, 3.63) is 53.1 Å². The molecule has 0 saturated carbocycles. The summed E-state index contributed by atoms with van der Waals surface area (Å²) >= 11 is 0. The van der Waals surface area contributed by atoms with Gasteiger partial charge in [0.25, 0.3) is 0 Å². The van der Waals surface area contributed by atoms with Gasteiger partial charge >= 0.3 is 0 Å². The Kier molecular flexibility index (Phi) is 13.3. The first-order valence-corrected chi connectivity index (χ1v) is 11.9. The maximum atomic E-state index is 11.2. The highest BCUT2D eigenvalue weighted by molar-refractivity contribution is 5.88. The number of hydrogen-bond donors (Lipinski definition) is 4. The van der Waals surface area contributed by atoms with Crippen molar-refractivity contribution in [2.24, 2.45) is 0 Å². The number of anilines is 1. The van der Waals surface area contributed by atoms with Crippen molar-refractivity contribution in [3.8, 4) is 11.5 Å². The van der Waals surface area contributed by atoms with Gasteiger partial charge in [-0.2, -0.15) is 0 Å². The van der Waals surface area contributed by atoms with E-state index in [9.17, 15) is 15.0 Å². The highest BCUT2D eigenvalue weighted by Crippen LogP contribution is 2.36. The van der Waals surface area contributed by atoms with Gasteiger partial charge in [0.1, 0.15) is 0 Å². The molecule has 1 aliphatic rings. The number of fused-ring (bicyclic) bond motifs is 1. The normalized spacial score (nSPS) is 14.6. The van der Waals surface area contributed by atoms with Gasteiger partial charge in [-0.1, -0.05) is 44.4 Å². The monoisotopic (exact) mass is 511 g/mol. The van der Waals surface area contributed by atoms with Gasteiger partial charge in [0.05, 0.1) is 0 Å². The number of nitrogens with zero attached hydrogens (tertiary/aromatic N) is 1. The number of rotatable bonds is 11. The van der Waals surface area contributed by atoms with E-state index in [4.69, 9.17) is 0 Å². The van der Waals surface area contributed by atoms with Gasteiger partial charge in [0.15, 0.2) is 11.5 Å². The van der Waals surface area contributed by atoms with Crippen LogP contribution in [0, 0.1) is 0 Å². The van der Waals surface area contributed by atoms with E-state index in [1.807, 2.05) is 18.2 Å². The van der Waals surface area contributed by atoms with Crippen LogP contribution in [0.4, 0.5) is 5.69 Å². The number of carbonyl (C=O) groups is 1. The Hall–Kier alpha value is -1.99. The number of hydrogen-bond acceptors (Lipinski definition) is 5. The lowest BCUT2D eigenvalue weighted by molar-refractivity contribution is -0.114. The Morgan fingerprint density at radius 3 is 2.47 bits per heavy atom. The minimum absolute atomic E-state index is 0. The number of aromatic hydroxyl groups is 2. The molecular formula is C26H39Cl2N3O3. The highest BCUT2D eigenvalue weighted by Gasteiger charge is 2.26. The summed E-state index contributed by atoms with van der Waals surface area (Å²) in [6.45, 7) is 5.59. The van der Waals surface area contributed by atoms with Gasteiger partial charge in [-0.15, -0.1) is 24.8 Å². The maximum Gasteiger partial charge on any atom is 0.221 e. The third kappa shape index (κ3) is 8.66. The van der Waals surface area contributed by atoms with E-state index in [0.29, 0.717) is 6.04 Å². The standard InChI is InChI=1S/C26H37N3O3.2ClH/c1-3-4-5-6-17-29(23-12-13-24-21(18-23)9-14-25(31)26(24)32)27-16-15-20-7-10-22(11-8-20)28-19(2)30;;/h7-11,14,23,27,31-32H,3-6,12-13,15-18H2,1-2H3,(H,28,30);2*1H. The summed E-state index contributed by atoms with van der Waals surface area (Å²) in [5.41, 5.74) is 7.74. The number of halogens is 2. The number of phenols is 2. The van der Waals surface area contributed by atoms with Crippen LogP contribution in [-0.4, -0.2) is 40.3 Å². The number of nitrogens with one attached hydrogen (secondary N) is 2. The van der Waals surface area contributed by atoms with Crippen molar-refractivity contribution < 1.29 is 15.0 Å². The number of carbonyl (C=O) groups excluding carboxylic acids is 1. The van der Waals surface area contributed by atoms with Crippen LogP contribution in [0.3, 0.4) is 0 Å². The molecule has 3 rings (SSSR count). The summed E-state index contributed by atoms with van der Waals surface area (Å²) in [5.74, 6) is -0.0388. The summed E-state index contributed by atoms with van der Waals surface area (Å²) in [5, 5.41) is 25.2. The molecule has 1 amide bonds. The van der Waals surface area contributed by atoms with Crippen molar-refractivity contribution in [2.75, 3.05) is 18.4 Å². The Labute approximate surface area is 215 Å². The van der Waals surface area contributed by atoms with Crippen LogP contribution < -0.4 is 10.7 Å². The molecule has 0 bridgehead atoms. The van der Waals surface area contributed by atoms with Crippen molar-refractivity contribution in [1.29, 1.82) is 0 Å². The van der Waals surface area contributed by atoms with Gasteiger partial charge in [-0.05, 0) is 61.4 Å². The molecule has 0 aliphatic heterocycles. The highest BCUT2D eigenvalue weighted by atomic mass is 35.5. The zero-order valence-corrected chi connectivity index (χ0v) is 21.8. The van der Waals surface area contributed by atoms with Crippen LogP contribution in [0.15, 0.2) is 36.4 Å². The Balaban J connectivity index is 0.00000289. The molecule has 2 aromatic rings. The second kappa shape index (κ2) is 15.1. The number of phenolic OH excluding ortho intramolecular Hbond substituents is 2. The fourth-order valence-corrected chi connectivity index (χ4v) is 4.47. The first kappa shape index (κ1) is 30.0. The van der Waals surface area contributed by atoms with E-state index in [-0.39, 0.29) is 42.2 Å². The third-order valence-corrected chi connectivity index (χ3v) is 6.24. The molecule has 0 spiro atoms. The predicted molar refractivity (Wildman–Crippen MR) is 143 cm³/mol. The number of amides is 1. The van der Waals surface area contributed by atoms with E-state index in [1.165, 1.54) is 31.7 Å². The van der Waals surface area contributed by atoms with Gasteiger partial charge in [-0.3, -0.25) is 10.2 Å². The minimum Gasteiger partial charge on any atom is -0.504 e. The molecule has 4 N–H and O–H groups in total. The van der Waals surface area contributed by atoms with Crippen LogP contribution >= 0.6 is 24.8 Å². The van der Waals surface area contributed by atoms with E-state index in [2.05, 4.69) is 34.8 Å². The molecule has 1 atom stereocenters. The van der Waals surface area contributed by atoms with Crippen LogP contribution in [0.5, 0.6) is 11.5 Å². The SMILES string of the molecule is CCCCCCN(NCCc1ccc(NC(C)=O)cc1)C1CCc2c(ccc(O)c2O)C1.Cl.Cl. The van der Waals surface area contributed by atoms with Crippen LogP contribution in [-0.2, 0) is 24.1 Å². The predicted octanol–water partition coefficient (Wildman–Crippen LogP) is 5.39. The Morgan fingerprint density at radius 1 is 1.06 bits per heavy atom. The van der Waals surface area contributed by atoms with Crippen LogP contribution in [0.25, 0.3) is 0 Å². The molecule has 1 aliphatic carbocycles. The van der Waals surface area contributed by atoms with E-state index < -0.39 is 0 Å². The fourth-order valence-electron chi connectivity index (χ4n) is 4.47. The van der Waals surface area contributed by atoms with Gasteiger partial charge < -0.3 is 15.5 Å². The molecule has 8 heteroatoms. The summed E-state index contributed by atoms with van der Waals surface area (Å²) < 4.78 is 0. The third-order valence-electron chi connectivity index (χ3n) is 6.24. The average molecular weight is 513 g/mol. The zero-order valence-electron chi connectivity index (χ0n) is 20.2. The first-order valence-electron chi connectivity index (χ1n) is 11.9. The quantitative estimate of drug-likeness (QED) is 0.184. The fraction of sp³-hybridized carbons (Fsp3) is 0.500. The molecule has 0 heterocycles. The molecule has 190 valence electrons. The Bertz CT molecular complexity index is 894. The molecule has 0 radical (unpaired) electrons. The van der Waals surface area contributed by atoms with E-state index >= 15 is 0 Å². The van der Waals surface area contributed by atoms with Crippen LogP contribution in [0.1, 0.15) is 62.6 Å². The molecule has 34 heavy (non-hydrogen) atoms. The lowest BCUT2D eigenvalue weighted by Crippen LogP contribution is -2.49. The smallest absolute Gasteiger partial charge is 0.221 e. The average Bonchev–Trinajstić information content (AvgIpc) is 2.78. The topological polar surface area (TPSA) is 84.8 Å². The maximum absolute atomic E-state index is 11.2. The first-order chi connectivity index (χ1) is 15.5. The van der Waals surface area contributed by atoms with Gasteiger partial charge in [0, 0.05) is 37.3 Å². The Morgan fingerprint density at radius 2 is 1.79 bits per heavy atom. The van der Waals surface area contributed by atoms with Crippen molar-refractivity contribution >= 4 is 36.4 Å². The summed E-state index contributed by atoms with van der Waals surface area (Å²) in [4.78, 5) is 11.2.